The van der Waals surface area contributed by atoms with Gasteiger partial charge in [0.2, 0.25) is 0 Å². The van der Waals surface area contributed by atoms with Gasteiger partial charge in [0.05, 0.1) is 18.3 Å². The SMILES string of the molecule is CC(C)Oc1cccc(NC(=O)c2ccccc2OCCc2ccccc2)c1. The number of anilines is 1. The van der Waals surface area contributed by atoms with Crippen molar-refractivity contribution in [2.24, 2.45) is 0 Å². The van der Waals surface area contributed by atoms with Crippen molar-refractivity contribution < 1.29 is 14.3 Å². The van der Waals surface area contributed by atoms with Gasteiger partial charge in [-0.3, -0.25) is 4.79 Å². The lowest BCUT2D eigenvalue weighted by atomic mass is 10.1. The lowest BCUT2D eigenvalue weighted by Gasteiger charge is -2.13. The Morgan fingerprint density at radius 2 is 1.68 bits per heavy atom. The summed E-state index contributed by atoms with van der Waals surface area (Å²) in [5, 5.41) is 2.92. The first kappa shape index (κ1) is 19.5. The van der Waals surface area contributed by atoms with Gasteiger partial charge in [0.1, 0.15) is 11.5 Å². The molecular weight excluding hydrogens is 350 g/mol. The van der Waals surface area contributed by atoms with Crippen LogP contribution in [-0.4, -0.2) is 18.6 Å². The second kappa shape index (κ2) is 9.60. The normalized spacial score (nSPS) is 10.5. The highest BCUT2D eigenvalue weighted by atomic mass is 16.5. The van der Waals surface area contributed by atoms with E-state index in [0.717, 1.165) is 12.2 Å². The number of para-hydroxylation sites is 1. The molecule has 4 heteroatoms. The van der Waals surface area contributed by atoms with Gasteiger partial charge in [0, 0.05) is 18.2 Å². The summed E-state index contributed by atoms with van der Waals surface area (Å²) in [5.41, 5.74) is 2.39. The molecular formula is C24H25NO3. The van der Waals surface area contributed by atoms with E-state index in [1.54, 1.807) is 6.07 Å². The summed E-state index contributed by atoms with van der Waals surface area (Å²) >= 11 is 0. The third-order valence-electron chi connectivity index (χ3n) is 4.09. The number of carbonyl (C=O) groups excluding carboxylic acids is 1. The van der Waals surface area contributed by atoms with Gasteiger partial charge in [-0.1, -0.05) is 48.5 Å². The van der Waals surface area contributed by atoms with Gasteiger partial charge in [0.15, 0.2) is 0 Å². The van der Waals surface area contributed by atoms with Gasteiger partial charge >= 0.3 is 0 Å². The van der Waals surface area contributed by atoms with Crippen LogP contribution in [0.5, 0.6) is 11.5 Å². The minimum atomic E-state index is -0.211. The topological polar surface area (TPSA) is 47.6 Å². The fraction of sp³-hybridized carbons (Fsp3) is 0.208. The molecule has 0 bridgehead atoms. The molecule has 3 rings (SSSR count). The van der Waals surface area contributed by atoms with E-state index in [1.807, 2.05) is 74.5 Å². The van der Waals surface area contributed by atoms with E-state index in [2.05, 4.69) is 17.4 Å². The first-order chi connectivity index (χ1) is 13.6. The van der Waals surface area contributed by atoms with Gasteiger partial charge in [-0.25, -0.2) is 0 Å². The predicted molar refractivity (Wildman–Crippen MR) is 112 cm³/mol. The van der Waals surface area contributed by atoms with E-state index in [0.29, 0.717) is 23.6 Å². The molecule has 0 fully saturated rings. The van der Waals surface area contributed by atoms with Gasteiger partial charge < -0.3 is 14.8 Å². The Kier molecular flexibility index (Phi) is 6.68. The molecule has 0 saturated heterocycles. The molecule has 0 atom stereocenters. The number of hydrogen-bond donors (Lipinski definition) is 1. The molecule has 28 heavy (non-hydrogen) atoms. The molecule has 3 aromatic carbocycles. The molecule has 0 aliphatic carbocycles. The van der Waals surface area contributed by atoms with Gasteiger partial charge in [-0.2, -0.15) is 0 Å². The minimum absolute atomic E-state index is 0.0738. The summed E-state index contributed by atoms with van der Waals surface area (Å²) < 4.78 is 11.6. The van der Waals surface area contributed by atoms with Crippen LogP contribution in [-0.2, 0) is 6.42 Å². The molecule has 4 nitrogen and oxygen atoms in total. The maximum absolute atomic E-state index is 12.8. The van der Waals surface area contributed by atoms with Crippen LogP contribution in [0.25, 0.3) is 0 Å². The van der Waals surface area contributed by atoms with Crippen LogP contribution in [0.3, 0.4) is 0 Å². The summed E-state index contributed by atoms with van der Waals surface area (Å²) in [5.74, 6) is 1.09. The van der Waals surface area contributed by atoms with Crippen molar-refractivity contribution in [3.63, 3.8) is 0 Å². The van der Waals surface area contributed by atoms with E-state index >= 15 is 0 Å². The Balaban J connectivity index is 1.65. The van der Waals surface area contributed by atoms with Crippen LogP contribution in [0.2, 0.25) is 0 Å². The zero-order valence-electron chi connectivity index (χ0n) is 16.2. The highest BCUT2D eigenvalue weighted by Crippen LogP contribution is 2.22. The first-order valence-electron chi connectivity index (χ1n) is 9.45. The lowest BCUT2D eigenvalue weighted by Crippen LogP contribution is -2.14. The van der Waals surface area contributed by atoms with E-state index < -0.39 is 0 Å². The molecule has 0 aliphatic heterocycles. The minimum Gasteiger partial charge on any atom is -0.492 e. The number of amides is 1. The van der Waals surface area contributed by atoms with Gasteiger partial charge in [0.25, 0.3) is 5.91 Å². The average molecular weight is 375 g/mol. The van der Waals surface area contributed by atoms with Crippen molar-refractivity contribution in [2.45, 2.75) is 26.4 Å². The quantitative estimate of drug-likeness (QED) is 0.577. The van der Waals surface area contributed by atoms with E-state index in [-0.39, 0.29) is 12.0 Å². The molecule has 0 heterocycles. The zero-order chi connectivity index (χ0) is 19.8. The van der Waals surface area contributed by atoms with Crippen LogP contribution < -0.4 is 14.8 Å². The van der Waals surface area contributed by atoms with Crippen molar-refractivity contribution in [2.75, 3.05) is 11.9 Å². The molecule has 0 spiro atoms. The molecule has 1 N–H and O–H groups in total. The number of hydrogen-bond acceptors (Lipinski definition) is 3. The fourth-order valence-corrected chi connectivity index (χ4v) is 2.82. The molecule has 3 aromatic rings. The number of ether oxygens (including phenoxy) is 2. The van der Waals surface area contributed by atoms with Crippen molar-refractivity contribution >= 4 is 11.6 Å². The fourth-order valence-electron chi connectivity index (χ4n) is 2.82. The van der Waals surface area contributed by atoms with Crippen molar-refractivity contribution in [3.8, 4) is 11.5 Å². The van der Waals surface area contributed by atoms with Crippen LogP contribution >= 0.6 is 0 Å². The third-order valence-corrected chi connectivity index (χ3v) is 4.09. The average Bonchev–Trinajstić information content (AvgIpc) is 2.69. The number of carbonyl (C=O) groups is 1. The highest BCUT2D eigenvalue weighted by Gasteiger charge is 2.13. The van der Waals surface area contributed by atoms with Gasteiger partial charge in [-0.05, 0) is 43.7 Å². The van der Waals surface area contributed by atoms with Crippen LogP contribution in [0.1, 0.15) is 29.8 Å². The van der Waals surface area contributed by atoms with E-state index in [4.69, 9.17) is 9.47 Å². The van der Waals surface area contributed by atoms with Crippen LogP contribution in [0.15, 0.2) is 78.9 Å². The molecule has 0 saturated carbocycles. The Morgan fingerprint density at radius 1 is 0.929 bits per heavy atom. The molecule has 0 aromatic heterocycles. The highest BCUT2D eigenvalue weighted by molar-refractivity contribution is 6.06. The third kappa shape index (κ3) is 5.61. The smallest absolute Gasteiger partial charge is 0.259 e. The molecule has 1 amide bonds. The van der Waals surface area contributed by atoms with Crippen LogP contribution in [0.4, 0.5) is 5.69 Å². The number of benzene rings is 3. The Hall–Kier alpha value is -3.27. The summed E-state index contributed by atoms with van der Waals surface area (Å²) in [6.45, 7) is 4.44. The van der Waals surface area contributed by atoms with E-state index in [9.17, 15) is 4.79 Å². The predicted octanol–water partition coefficient (Wildman–Crippen LogP) is 5.35. The summed E-state index contributed by atoms with van der Waals surface area (Å²) in [4.78, 5) is 12.8. The summed E-state index contributed by atoms with van der Waals surface area (Å²) in [6.07, 6.45) is 0.857. The largest absolute Gasteiger partial charge is 0.492 e. The Labute approximate surface area is 166 Å². The second-order valence-electron chi connectivity index (χ2n) is 6.73. The summed E-state index contributed by atoms with van der Waals surface area (Å²) in [6, 6.07) is 24.8. The Morgan fingerprint density at radius 3 is 2.46 bits per heavy atom. The standard InChI is InChI=1S/C24H25NO3/c1-18(2)28-21-12-8-11-20(17-21)25-24(26)22-13-6-7-14-23(22)27-16-15-19-9-4-3-5-10-19/h3-14,17-18H,15-16H2,1-2H3,(H,25,26). The number of rotatable bonds is 8. The van der Waals surface area contributed by atoms with Crippen LogP contribution in [0, 0.1) is 0 Å². The van der Waals surface area contributed by atoms with E-state index in [1.165, 1.54) is 5.56 Å². The van der Waals surface area contributed by atoms with Crippen molar-refractivity contribution in [1.82, 2.24) is 0 Å². The Bertz CT molecular complexity index is 906. The summed E-state index contributed by atoms with van der Waals surface area (Å²) in [7, 11) is 0. The monoisotopic (exact) mass is 375 g/mol. The zero-order valence-corrected chi connectivity index (χ0v) is 16.2. The molecule has 0 aliphatic rings. The maximum Gasteiger partial charge on any atom is 0.259 e. The van der Waals surface area contributed by atoms with Crippen molar-refractivity contribution in [1.29, 1.82) is 0 Å². The molecule has 0 unspecified atom stereocenters. The molecule has 144 valence electrons. The lowest BCUT2D eigenvalue weighted by molar-refractivity contribution is 0.102. The maximum atomic E-state index is 12.8. The first-order valence-corrected chi connectivity index (χ1v) is 9.45. The number of nitrogens with one attached hydrogen (secondary N) is 1. The van der Waals surface area contributed by atoms with Crippen molar-refractivity contribution in [3.05, 3.63) is 90.0 Å². The second-order valence-corrected chi connectivity index (χ2v) is 6.73. The van der Waals surface area contributed by atoms with Gasteiger partial charge in [-0.15, -0.1) is 0 Å². The molecule has 0 radical (unpaired) electrons.